The number of piperidine rings is 3. The van der Waals surface area contributed by atoms with Crippen LogP contribution in [0.4, 0.5) is 0 Å². The number of hydrogen-bond donors (Lipinski definition) is 0. The summed E-state index contributed by atoms with van der Waals surface area (Å²) >= 11 is 0. The number of rotatable bonds is 3. The van der Waals surface area contributed by atoms with Crippen LogP contribution in [-0.2, 0) is 4.79 Å². The summed E-state index contributed by atoms with van der Waals surface area (Å²) in [5.74, 6) is 1.59. The Morgan fingerprint density at radius 3 is 2.93 bits per heavy atom. The largest absolute Gasteiger partial charge is 0.298 e. The maximum Gasteiger partial charge on any atom is 0.153 e. The first-order chi connectivity index (χ1) is 6.74. The molecule has 14 heavy (non-hydrogen) atoms. The van der Waals surface area contributed by atoms with Gasteiger partial charge in [0.25, 0.3) is 0 Å². The van der Waals surface area contributed by atoms with Crippen LogP contribution in [0.3, 0.4) is 0 Å². The van der Waals surface area contributed by atoms with Gasteiger partial charge in [0.2, 0.25) is 0 Å². The number of carbonyl (C=O) groups excluding carboxylic acids is 1. The molecular weight excluding hydrogens is 174 g/mol. The number of hydrogen-bond acceptors (Lipinski definition) is 2. The number of carbonyl (C=O) groups is 1. The van der Waals surface area contributed by atoms with E-state index >= 15 is 0 Å². The smallest absolute Gasteiger partial charge is 0.153 e. The van der Waals surface area contributed by atoms with Gasteiger partial charge in [0.15, 0.2) is 5.78 Å². The van der Waals surface area contributed by atoms with E-state index in [9.17, 15) is 4.79 Å². The Bertz CT molecular complexity index is 226. The molecule has 0 amide bonds. The topological polar surface area (TPSA) is 20.3 Å². The van der Waals surface area contributed by atoms with Crippen LogP contribution in [0.2, 0.25) is 0 Å². The van der Waals surface area contributed by atoms with Gasteiger partial charge in [0, 0.05) is 12.5 Å². The van der Waals surface area contributed by atoms with Gasteiger partial charge in [-0.05, 0) is 32.2 Å². The molecule has 3 aliphatic rings. The average Bonchev–Trinajstić information content (AvgIpc) is 2.22. The van der Waals surface area contributed by atoms with Crippen molar-refractivity contribution in [1.82, 2.24) is 4.90 Å². The minimum Gasteiger partial charge on any atom is -0.298 e. The van der Waals surface area contributed by atoms with Crippen molar-refractivity contribution >= 4 is 5.78 Å². The predicted octanol–water partition coefficient (Wildman–Crippen LogP) is 2.09. The lowest BCUT2D eigenvalue weighted by Gasteiger charge is -2.47. The van der Waals surface area contributed by atoms with Crippen molar-refractivity contribution in [2.45, 2.75) is 45.6 Å². The van der Waals surface area contributed by atoms with Crippen LogP contribution < -0.4 is 0 Å². The molecule has 3 aliphatic heterocycles. The van der Waals surface area contributed by atoms with Crippen LogP contribution in [0, 0.1) is 11.8 Å². The minimum atomic E-state index is 0.214. The molecule has 3 saturated heterocycles. The summed E-state index contributed by atoms with van der Waals surface area (Å²) in [7, 11) is 0. The number of unbranched alkanes of at least 4 members (excludes halogenated alkanes) is 1. The minimum absolute atomic E-state index is 0.214. The maximum atomic E-state index is 11.9. The van der Waals surface area contributed by atoms with Gasteiger partial charge in [0.05, 0.1) is 6.04 Å². The highest BCUT2D eigenvalue weighted by molar-refractivity contribution is 5.87. The zero-order valence-electron chi connectivity index (χ0n) is 9.33. The fraction of sp³-hybridized carbons (Fsp3) is 0.917. The molecule has 0 aromatic rings. The summed E-state index contributed by atoms with van der Waals surface area (Å²) in [4.78, 5) is 14.3. The first kappa shape index (κ1) is 10.2. The van der Waals surface area contributed by atoms with Crippen LogP contribution in [0.1, 0.15) is 39.5 Å². The lowest BCUT2D eigenvalue weighted by Crippen LogP contribution is -2.58. The molecule has 0 spiro atoms. The fourth-order valence-corrected chi connectivity index (χ4v) is 3.04. The predicted molar refractivity (Wildman–Crippen MR) is 57.2 cm³/mol. The lowest BCUT2D eigenvalue weighted by molar-refractivity contribution is -0.140. The number of Topliss-reactive ketones (excluding diaryl/α,β-unsaturated/α-hetero) is 1. The molecule has 2 nitrogen and oxygen atoms in total. The molecule has 2 heteroatoms. The van der Waals surface area contributed by atoms with E-state index in [1.807, 2.05) is 0 Å². The molecule has 2 bridgehead atoms. The van der Waals surface area contributed by atoms with Gasteiger partial charge in [0.1, 0.15) is 0 Å². The molecular formula is C12H21NO. The molecule has 0 aliphatic carbocycles. The summed E-state index contributed by atoms with van der Waals surface area (Å²) < 4.78 is 0. The average molecular weight is 195 g/mol. The second-order valence-corrected chi connectivity index (χ2v) is 4.87. The second kappa shape index (κ2) is 4.01. The summed E-state index contributed by atoms with van der Waals surface area (Å²) in [6.45, 7) is 6.63. The zero-order valence-corrected chi connectivity index (χ0v) is 9.33. The molecule has 0 radical (unpaired) electrons. The number of fused-ring (bicyclic) bond motifs is 3. The standard InChI is InChI=1S/C12H21NO/c1-3-4-5-10-8-13-7-6-11(10)12(14)9(13)2/h9-11H,3-8H2,1-2H3. The van der Waals surface area contributed by atoms with E-state index in [0.29, 0.717) is 17.6 Å². The molecule has 80 valence electrons. The van der Waals surface area contributed by atoms with Crippen LogP contribution in [-0.4, -0.2) is 29.8 Å². The SMILES string of the molecule is CCCCC1CN2CCC1C(=O)C2C. The third-order valence-electron chi connectivity index (χ3n) is 4.02. The highest BCUT2D eigenvalue weighted by Crippen LogP contribution is 2.35. The van der Waals surface area contributed by atoms with Crippen LogP contribution in [0.15, 0.2) is 0 Å². The van der Waals surface area contributed by atoms with E-state index in [2.05, 4.69) is 18.7 Å². The summed E-state index contributed by atoms with van der Waals surface area (Å²) in [5, 5.41) is 0. The van der Waals surface area contributed by atoms with Crippen molar-refractivity contribution in [2.24, 2.45) is 11.8 Å². The molecule has 3 rings (SSSR count). The van der Waals surface area contributed by atoms with Crippen molar-refractivity contribution < 1.29 is 4.79 Å². The van der Waals surface area contributed by atoms with Gasteiger partial charge in [-0.1, -0.05) is 19.8 Å². The van der Waals surface area contributed by atoms with Crippen LogP contribution in [0.25, 0.3) is 0 Å². The zero-order chi connectivity index (χ0) is 10.1. The van der Waals surface area contributed by atoms with Gasteiger partial charge in [-0.15, -0.1) is 0 Å². The van der Waals surface area contributed by atoms with Gasteiger partial charge >= 0.3 is 0 Å². The Balaban J connectivity index is 2.00. The lowest BCUT2D eigenvalue weighted by atomic mass is 9.73. The van der Waals surface area contributed by atoms with Crippen LogP contribution in [0.5, 0.6) is 0 Å². The monoisotopic (exact) mass is 195 g/mol. The van der Waals surface area contributed by atoms with Crippen molar-refractivity contribution in [1.29, 1.82) is 0 Å². The summed E-state index contributed by atoms with van der Waals surface area (Å²) in [6, 6.07) is 0.214. The third-order valence-corrected chi connectivity index (χ3v) is 4.02. The first-order valence-electron chi connectivity index (χ1n) is 6.01. The highest BCUT2D eigenvalue weighted by Gasteiger charge is 2.43. The fourth-order valence-electron chi connectivity index (χ4n) is 3.04. The van der Waals surface area contributed by atoms with Gasteiger partial charge in [-0.25, -0.2) is 0 Å². The molecule has 3 fully saturated rings. The maximum absolute atomic E-state index is 11.9. The molecule has 0 N–H and O–H groups in total. The molecule has 0 aromatic heterocycles. The molecule has 0 saturated carbocycles. The Kier molecular flexibility index (Phi) is 2.91. The van der Waals surface area contributed by atoms with E-state index in [1.54, 1.807) is 0 Å². The summed E-state index contributed by atoms with van der Waals surface area (Å²) in [6.07, 6.45) is 4.93. The Labute approximate surface area is 86.7 Å². The van der Waals surface area contributed by atoms with E-state index in [0.717, 1.165) is 13.0 Å². The van der Waals surface area contributed by atoms with Crippen molar-refractivity contribution in [3.05, 3.63) is 0 Å². The van der Waals surface area contributed by atoms with Crippen molar-refractivity contribution in [2.75, 3.05) is 13.1 Å². The van der Waals surface area contributed by atoms with Gasteiger partial charge < -0.3 is 0 Å². The van der Waals surface area contributed by atoms with Crippen molar-refractivity contribution in [3.8, 4) is 0 Å². The Hall–Kier alpha value is -0.370. The first-order valence-corrected chi connectivity index (χ1v) is 6.01. The normalized spacial score (nSPS) is 41.7. The van der Waals surface area contributed by atoms with E-state index in [1.165, 1.54) is 25.8 Å². The van der Waals surface area contributed by atoms with Gasteiger partial charge in [-0.3, -0.25) is 9.69 Å². The Morgan fingerprint density at radius 1 is 1.50 bits per heavy atom. The van der Waals surface area contributed by atoms with E-state index < -0.39 is 0 Å². The number of nitrogens with zero attached hydrogens (tertiary/aromatic N) is 1. The molecule has 4 unspecified atom stereocenters. The van der Waals surface area contributed by atoms with Crippen molar-refractivity contribution in [3.63, 3.8) is 0 Å². The van der Waals surface area contributed by atoms with Gasteiger partial charge in [-0.2, -0.15) is 0 Å². The number of ketones is 1. The van der Waals surface area contributed by atoms with Crippen LogP contribution >= 0.6 is 0 Å². The second-order valence-electron chi connectivity index (χ2n) is 4.87. The third kappa shape index (κ3) is 1.60. The molecule has 3 heterocycles. The van der Waals surface area contributed by atoms with E-state index in [-0.39, 0.29) is 6.04 Å². The summed E-state index contributed by atoms with van der Waals surface area (Å²) in [5.41, 5.74) is 0. The highest BCUT2D eigenvalue weighted by atomic mass is 16.1. The quantitative estimate of drug-likeness (QED) is 0.687. The van der Waals surface area contributed by atoms with E-state index in [4.69, 9.17) is 0 Å². The molecule has 0 aromatic carbocycles. The Morgan fingerprint density at radius 2 is 2.29 bits per heavy atom. The molecule has 4 atom stereocenters.